The van der Waals surface area contributed by atoms with Crippen molar-refractivity contribution in [2.45, 2.75) is 46.4 Å². The Morgan fingerprint density at radius 1 is 1.17 bits per heavy atom. The molecule has 0 aromatic heterocycles. The van der Waals surface area contributed by atoms with Crippen LogP contribution in [0, 0.1) is 0 Å². The van der Waals surface area contributed by atoms with Gasteiger partial charge in [-0.3, -0.25) is 4.90 Å². The molecule has 1 amide bonds. The first-order valence-corrected chi connectivity index (χ1v) is 10.2. The number of anilines is 1. The molecule has 1 aliphatic heterocycles. The highest BCUT2D eigenvalue weighted by Crippen LogP contribution is 2.33. The standard InChI is InChI=1S/C22H25Cl2N3O3/c1-13-20(25)26-18-9-14(5-8-19(18)29-13)11-27(21(28)30-22(2,3)4)12-15-6-7-16(23)10-17(15)24/h5-10,26H,11-12,25H2,1-4H3. The van der Waals surface area contributed by atoms with Gasteiger partial charge in [0, 0.05) is 16.6 Å². The van der Waals surface area contributed by atoms with E-state index in [1.807, 2.05) is 39.0 Å². The van der Waals surface area contributed by atoms with Crippen LogP contribution in [-0.2, 0) is 17.8 Å². The first kappa shape index (κ1) is 22.1. The van der Waals surface area contributed by atoms with Crippen molar-refractivity contribution in [1.29, 1.82) is 0 Å². The molecule has 0 atom stereocenters. The number of fused-ring (bicyclic) bond motifs is 1. The average Bonchev–Trinajstić information content (AvgIpc) is 2.63. The van der Waals surface area contributed by atoms with Gasteiger partial charge in [0.15, 0.2) is 5.75 Å². The second-order valence-corrected chi connectivity index (χ2v) is 8.94. The zero-order chi connectivity index (χ0) is 22.1. The predicted octanol–water partition coefficient (Wildman–Crippen LogP) is 5.88. The highest BCUT2D eigenvalue weighted by atomic mass is 35.5. The Balaban J connectivity index is 1.86. The quantitative estimate of drug-likeness (QED) is 0.608. The molecule has 2 aromatic carbocycles. The zero-order valence-electron chi connectivity index (χ0n) is 17.4. The lowest BCUT2D eigenvalue weighted by molar-refractivity contribution is 0.0216. The van der Waals surface area contributed by atoms with Crippen LogP contribution >= 0.6 is 23.2 Å². The number of hydrogen-bond acceptors (Lipinski definition) is 5. The van der Waals surface area contributed by atoms with Gasteiger partial charge in [0.1, 0.15) is 17.2 Å². The normalized spacial score (nSPS) is 13.3. The summed E-state index contributed by atoms with van der Waals surface area (Å²) in [5.74, 6) is 1.75. The largest absolute Gasteiger partial charge is 0.456 e. The van der Waals surface area contributed by atoms with E-state index < -0.39 is 11.7 Å². The third kappa shape index (κ3) is 5.52. The summed E-state index contributed by atoms with van der Waals surface area (Å²) in [5.41, 5.74) is 7.70. The van der Waals surface area contributed by atoms with Crippen molar-refractivity contribution < 1.29 is 14.3 Å². The molecule has 0 saturated carbocycles. The van der Waals surface area contributed by atoms with E-state index in [2.05, 4.69) is 5.32 Å². The molecule has 0 fully saturated rings. The SMILES string of the molecule is CC1=C(N)Nc2cc(CN(Cc3ccc(Cl)cc3Cl)C(=O)OC(C)(C)C)ccc2O1. The molecule has 2 aromatic rings. The number of ether oxygens (including phenoxy) is 2. The number of nitrogens with zero attached hydrogens (tertiary/aromatic N) is 1. The molecule has 1 heterocycles. The number of carbonyl (C=O) groups is 1. The Bertz CT molecular complexity index is 1000. The van der Waals surface area contributed by atoms with E-state index in [0.29, 0.717) is 33.9 Å². The molecule has 0 unspecified atom stereocenters. The van der Waals surface area contributed by atoms with Crippen molar-refractivity contribution in [3.63, 3.8) is 0 Å². The smallest absolute Gasteiger partial charge is 0.410 e. The third-order valence-electron chi connectivity index (χ3n) is 4.36. The van der Waals surface area contributed by atoms with Gasteiger partial charge in [0.2, 0.25) is 0 Å². The molecule has 0 radical (unpaired) electrons. The maximum absolute atomic E-state index is 12.9. The van der Waals surface area contributed by atoms with Gasteiger partial charge in [-0.25, -0.2) is 4.79 Å². The number of nitrogens with one attached hydrogen (secondary N) is 1. The Labute approximate surface area is 186 Å². The number of carbonyl (C=O) groups excluding carboxylic acids is 1. The van der Waals surface area contributed by atoms with Gasteiger partial charge in [0.25, 0.3) is 0 Å². The topological polar surface area (TPSA) is 76.8 Å². The summed E-state index contributed by atoms with van der Waals surface area (Å²) >= 11 is 12.3. The van der Waals surface area contributed by atoms with E-state index >= 15 is 0 Å². The summed E-state index contributed by atoms with van der Waals surface area (Å²) in [6, 6.07) is 10.8. The van der Waals surface area contributed by atoms with Crippen LogP contribution in [0.5, 0.6) is 5.75 Å². The summed E-state index contributed by atoms with van der Waals surface area (Å²) in [6.45, 7) is 7.86. The molecule has 6 nitrogen and oxygen atoms in total. The fourth-order valence-electron chi connectivity index (χ4n) is 2.90. The lowest BCUT2D eigenvalue weighted by Crippen LogP contribution is -2.36. The second-order valence-electron chi connectivity index (χ2n) is 8.10. The monoisotopic (exact) mass is 449 g/mol. The van der Waals surface area contributed by atoms with Gasteiger partial charge >= 0.3 is 6.09 Å². The molecule has 3 rings (SSSR count). The molecule has 30 heavy (non-hydrogen) atoms. The van der Waals surface area contributed by atoms with Crippen molar-refractivity contribution in [3.05, 3.63) is 69.2 Å². The van der Waals surface area contributed by atoms with E-state index in [4.69, 9.17) is 38.4 Å². The summed E-state index contributed by atoms with van der Waals surface area (Å²) < 4.78 is 11.3. The highest BCUT2D eigenvalue weighted by molar-refractivity contribution is 6.35. The fourth-order valence-corrected chi connectivity index (χ4v) is 3.37. The van der Waals surface area contributed by atoms with Crippen LogP contribution in [-0.4, -0.2) is 16.6 Å². The van der Waals surface area contributed by atoms with Gasteiger partial charge in [-0.15, -0.1) is 0 Å². The molecular weight excluding hydrogens is 425 g/mol. The van der Waals surface area contributed by atoms with E-state index in [0.717, 1.165) is 16.8 Å². The zero-order valence-corrected chi connectivity index (χ0v) is 18.9. The maximum atomic E-state index is 12.9. The van der Waals surface area contributed by atoms with E-state index in [1.165, 1.54) is 0 Å². The third-order valence-corrected chi connectivity index (χ3v) is 4.94. The van der Waals surface area contributed by atoms with Crippen molar-refractivity contribution in [3.8, 4) is 5.75 Å². The Morgan fingerprint density at radius 2 is 1.90 bits per heavy atom. The number of amides is 1. The molecule has 0 saturated heterocycles. The molecule has 160 valence electrons. The van der Waals surface area contributed by atoms with Gasteiger partial charge in [0.05, 0.1) is 12.2 Å². The molecule has 1 aliphatic rings. The lowest BCUT2D eigenvalue weighted by atomic mass is 10.1. The maximum Gasteiger partial charge on any atom is 0.410 e. The predicted molar refractivity (Wildman–Crippen MR) is 120 cm³/mol. The summed E-state index contributed by atoms with van der Waals surface area (Å²) in [6.07, 6.45) is -0.439. The molecule has 3 N–H and O–H groups in total. The van der Waals surface area contributed by atoms with E-state index in [9.17, 15) is 4.79 Å². The van der Waals surface area contributed by atoms with Crippen LogP contribution in [0.3, 0.4) is 0 Å². The average molecular weight is 450 g/mol. The van der Waals surface area contributed by atoms with E-state index in [-0.39, 0.29) is 6.54 Å². The van der Waals surface area contributed by atoms with E-state index in [1.54, 1.807) is 30.0 Å². The van der Waals surface area contributed by atoms with Crippen molar-refractivity contribution in [2.75, 3.05) is 5.32 Å². The van der Waals surface area contributed by atoms with Gasteiger partial charge in [-0.2, -0.15) is 0 Å². The van der Waals surface area contributed by atoms with Crippen LogP contribution in [0.4, 0.5) is 10.5 Å². The van der Waals surface area contributed by atoms with Crippen LogP contribution in [0.2, 0.25) is 10.0 Å². The molecular formula is C22H25Cl2N3O3. The highest BCUT2D eigenvalue weighted by Gasteiger charge is 2.24. The number of allylic oxidation sites excluding steroid dienone is 1. The first-order chi connectivity index (χ1) is 14.0. The molecule has 0 aliphatic carbocycles. The number of hydrogen-bond donors (Lipinski definition) is 2. The number of nitrogens with two attached hydrogens (primary N) is 1. The van der Waals surface area contributed by atoms with Gasteiger partial charge in [-0.1, -0.05) is 35.3 Å². The lowest BCUT2D eigenvalue weighted by Gasteiger charge is -2.28. The fraction of sp³-hybridized carbons (Fsp3) is 0.318. The minimum Gasteiger partial charge on any atom is -0.456 e. The van der Waals surface area contributed by atoms with Crippen LogP contribution in [0.15, 0.2) is 48.0 Å². The van der Waals surface area contributed by atoms with Crippen molar-refractivity contribution in [2.24, 2.45) is 5.73 Å². The molecule has 0 spiro atoms. The number of halogens is 2. The van der Waals surface area contributed by atoms with Crippen molar-refractivity contribution >= 4 is 35.0 Å². The molecule has 0 bridgehead atoms. The minimum atomic E-state index is -0.624. The Hall–Kier alpha value is -2.57. The first-order valence-electron chi connectivity index (χ1n) is 9.48. The minimum absolute atomic E-state index is 0.271. The van der Waals surface area contributed by atoms with Crippen LogP contribution < -0.4 is 15.8 Å². The summed E-state index contributed by atoms with van der Waals surface area (Å²) in [7, 11) is 0. The number of rotatable bonds is 4. The van der Waals surface area contributed by atoms with Gasteiger partial charge in [-0.05, 0) is 63.1 Å². The van der Waals surface area contributed by atoms with Crippen molar-refractivity contribution in [1.82, 2.24) is 4.90 Å². The molecule has 8 heteroatoms. The van der Waals surface area contributed by atoms with Crippen LogP contribution in [0.1, 0.15) is 38.8 Å². The van der Waals surface area contributed by atoms with Crippen LogP contribution in [0.25, 0.3) is 0 Å². The van der Waals surface area contributed by atoms with Gasteiger partial charge < -0.3 is 20.5 Å². The summed E-state index contributed by atoms with van der Waals surface area (Å²) in [5, 5.41) is 4.14. The Morgan fingerprint density at radius 3 is 2.57 bits per heavy atom. The second kappa shape index (κ2) is 8.66. The number of benzene rings is 2. The Kier molecular flexibility index (Phi) is 6.38. The summed E-state index contributed by atoms with van der Waals surface area (Å²) in [4.78, 5) is 14.5.